The lowest BCUT2D eigenvalue weighted by Crippen LogP contribution is -1.88. The Morgan fingerprint density at radius 3 is 2.93 bits per heavy atom. The molecule has 0 saturated carbocycles. The van der Waals surface area contributed by atoms with Crippen LogP contribution in [-0.2, 0) is 0 Å². The van der Waals surface area contributed by atoms with E-state index in [-0.39, 0.29) is 0 Å². The first-order valence-electron chi connectivity index (χ1n) is 5.22. The van der Waals surface area contributed by atoms with Gasteiger partial charge in [-0.25, -0.2) is 4.98 Å². The van der Waals surface area contributed by atoms with Crippen molar-refractivity contribution in [3.8, 4) is 0 Å². The Bertz CT molecular complexity index is 340. The minimum Gasteiger partial charge on any atom is -0.342 e. The zero-order valence-electron chi connectivity index (χ0n) is 8.75. The van der Waals surface area contributed by atoms with E-state index >= 15 is 0 Å². The summed E-state index contributed by atoms with van der Waals surface area (Å²) in [5.41, 5.74) is 2.20. The number of aryl methyl sites for hydroxylation is 1. The molecule has 0 amide bonds. The van der Waals surface area contributed by atoms with Crippen LogP contribution in [0.3, 0.4) is 0 Å². The highest BCUT2D eigenvalue weighted by molar-refractivity contribution is 5.63. The van der Waals surface area contributed by atoms with Crippen molar-refractivity contribution in [2.24, 2.45) is 5.92 Å². The van der Waals surface area contributed by atoms with Crippen LogP contribution in [0.1, 0.15) is 37.0 Å². The summed E-state index contributed by atoms with van der Waals surface area (Å²) in [6.45, 7) is 4.20. The van der Waals surface area contributed by atoms with E-state index in [1.807, 2.05) is 6.92 Å². The molecule has 0 bridgehead atoms. The van der Waals surface area contributed by atoms with E-state index in [9.17, 15) is 0 Å². The second kappa shape index (κ2) is 3.82. The molecular formula is C12H16N2. The van der Waals surface area contributed by atoms with Gasteiger partial charge in [0.1, 0.15) is 5.82 Å². The van der Waals surface area contributed by atoms with Crippen molar-refractivity contribution < 1.29 is 0 Å². The third-order valence-corrected chi connectivity index (χ3v) is 2.51. The maximum Gasteiger partial charge on any atom is 0.104 e. The minimum atomic E-state index is 0.572. The minimum absolute atomic E-state index is 0.572. The van der Waals surface area contributed by atoms with Gasteiger partial charge in [0.05, 0.1) is 11.4 Å². The van der Waals surface area contributed by atoms with Gasteiger partial charge in [0.25, 0.3) is 0 Å². The van der Waals surface area contributed by atoms with E-state index in [0.29, 0.717) is 5.92 Å². The van der Waals surface area contributed by atoms with Crippen molar-refractivity contribution in [2.45, 2.75) is 26.7 Å². The fraction of sp³-hybridized carbons (Fsp3) is 0.417. The van der Waals surface area contributed by atoms with Gasteiger partial charge in [-0.15, -0.1) is 0 Å². The number of aromatic nitrogens is 2. The van der Waals surface area contributed by atoms with E-state index in [1.54, 1.807) is 0 Å². The average Bonchev–Trinajstić information content (AvgIpc) is 2.42. The van der Waals surface area contributed by atoms with Gasteiger partial charge < -0.3 is 4.98 Å². The Balaban J connectivity index is 2.25. The molecule has 1 aliphatic rings. The number of nitrogens with one attached hydrogen (secondary N) is 1. The van der Waals surface area contributed by atoms with Gasteiger partial charge in [0.15, 0.2) is 0 Å². The highest BCUT2D eigenvalue weighted by Crippen LogP contribution is 2.20. The molecule has 2 heteroatoms. The third-order valence-electron chi connectivity index (χ3n) is 2.51. The standard InChI is InChI=1S/C12H16N2/c1-3-4-10-5-7-11-12(8-6-10)14-9(2)13-11/h5-8,10H,3-4H2,1-2H3,(H,13,14). The number of fused-ring (bicyclic) bond motifs is 1. The van der Waals surface area contributed by atoms with Crippen LogP contribution in [-0.4, -0.2) is 9.97 Å². The van der Waals surface area contributed by atoms with E-state index in [4.69, 9.17) is 0 Å². The Hall–Kier alpha value is -1.31. The summed E-state index contributed by atoms with van der Waals surface area (Å²) in [6.07, 6.45) is 11.2. The first kappa shape index (κ1) is 9.25. The molecule has 0 saturated heterocycles. The maximum absolute atomic E-state index is 4.41. The number of nitrogens with zero attached hydrogens (tertiary/aromatic N) is 1. The first-order valence-corrected chi connectivity index (χ1v) is 5.22. The number of aromatic amines is 1. The smallest absolute Gasteiger partial charge is 0.104 e. The van der Waals surface area contributed by atoms with Crippen LogP contribution in [0.5, 0.6) is 0 Å². The quantitative estimate of drug-likeness (QED) is 0.758. The van der Waals surface area contributed by atoms with Gasteiger partial charge in [-0.05, 0) is 31.4 Å². The second-order valence-electron chi connectivity index (χ2n) is 3.79. The highest BCUT2D eigenvalue weighted by Gasteiger charge is 2.07. The number of hydrogen-bond donors (Lipinski definition) is 1. The summed E-state index contributed by atoms with van der Waals surface area (Å²) < 4.78 is 0. The van der Waals surface area contributed by atoms with Gasteiger partial charge in [-0.1, -0.05) is 25.5 Å². The van der Waals surface area contributed by atoms with Gasteiger partial charge >= 0.3 is 0 Å². The largest absolute Gasteiger partial charge is 0.342 e. The van der Waals surface area contributed by atoms with Gasteiger partial charge in [-0.3, -0.25) is 0 Å². The molecule has 0 aromatic carbocycles. The van der Waals surface area contributed by atoms with E-state index in [0.717, 1.165) is 17.2 Å². The van der Waals surface area contributed by atoms with Crippen molar-refractivity contribution in [3.05, 3.63) is 29.4 Å². The van der Waals surface area contributed by atoms with E-state index in [2.05, 4.69) is 41.2 Å². The summed E-state index contributed by atoms with van der Waals surface area (Å²) in [5, 5.41) is 0. The molecule has 14 heavy (non-hydrogen) atoms. The molecule has 0 aliphatic heterocycles. The van der Waals surface area contributed by atoms with Gasteiger partial charge in [0.2, 0.25) is 0 Å². The van der Waals surface area contributed by atoms with Gasteiger partial charge in [0, 0.05) is 0 Å². The molecule has 1 aromatic heterocycles. The molecule has 1 aromatic rings. The SMILES string of the molecule is CCCC1C=Cc2nc(C)[nH]c2C=C1. The van der Waals surface area contributed by atoms with Crippen LogP contribution in [0, 0.1) is 12.8 Å². The number of imidazole rings is 1. The maximum atomic E-state index is 4.41. The van der Waals surface area contributed by atoms with E-state index < -0.39 is 0 Å². The predicted octanol–water partition coefficient (Wildman–Crippen LogP) is 3.17. The first-order chi connectivity index (χ1) is 6.79. The summed E-state index contributed by atoms with van der Waals surface area (Å²) in [6, 6.07) is 0. The number of H-pyrrole nitrogens is 1. The van der Waals surface area contributed by atoms with Crippen molar-refractivity contribution in [3.63, 3.8) is 0 Å². The monoisotopic (exact) mass is 188 g/mol. The van der Waals surface area contributed by atoms with Crippen LogP contribution in [0.2, 0.25) is 0 Å². The van der Waals surface area contributed by atoms with Crippen LogP contribution in [0.15, 0.2) is 12.2 Å². The number of rotatable bonds is 2. The molecule has 0 radical (unpaired) electrons. The molecule has 1 heterocycles. The number of allylic oxidation sites excluding steroid dienone is 2. The Kier molecular flexibility index (Phi) is 2.53. The molecular weight excluding hydrogens is 172 g/mol. The molecule has 1 atom stereocenters. The molecule has 1 aliphatic carbocycles. The van der Waals surface area contributed by atoms with Crippen LogP contribution < -0.4 is 0 Å². The Morgan fingerprint density at radius 1 is 1.36 bits per heavy atom. The van der Waals surface area contributed by atoms with Crippen molar-refractivity contribution in [1.82, 2.24) is 9.97 Å². The predicted molar refractivity (Wildman–Crippen MR) is 59.8 cm³/mol. The topological polar surface area (TPSA) is 28.7 Å². The fourth-order valence-electron chi connectivity index (χ4n) is 1.81. The lowest BCUT2D eigenvalue weighted by Gasteiger charge is -2.02. The molecule has 1 N–H and O–H groups in total. The van der Waals surface area contributed by atoms with Crippen LogP contribution in [0.25, 0.3) is 12.2 Å². The third kappa shape index (κ3) is 1.79. The average molecular weight is 188 g/mol. The summed E-state index contributed by atoms with van der Waals surface area (Å²) in [4.78, 5) is 7.66. The summed E-state index contributed by atoms with van der Waals surface area (Å²) in [5.74, 6) is 1.56. The van der Waals surface area contributed by atoms with Crippen LogP contribution >= 0.6 is 0 Å². The lowest BCUT2D eigenvalue weighted by atomic mass is 10.0. The van der Waals surface area contributed by atoms with Crippen LogP contribution in [0.4, 0.5) is 0 Å². The summed E-state index contributed by atoms with van der Waals surface area (Å²) in [7, 11) is 0. The van der Waals surface area contributed by atoms with Gasteiger partial charge in [-0.2, -0.15) is 0 Å². The number of hydrogen-bond acceptors (Lipinski definition) is 1. The Labute approximate surface area is 84.8 Å². The van der Waals surface area contributed by atoms with Crippen molar-refractivity contribution >= 4 is 12.2 Å². The van der Waals surface area contributed by atoms with Crippen molar-refractivity contribution in [2.75, 3.05) is 0 Å². The zero-order chi connectivity index (χ0) is 9.97. The molecule has 0 spiro atoms. The highest BCUT2D eigenvalue weighted by atomic mass is 14.9. The Morgan fingerprint density at radius 2 is 2.14 bits per heavy atom. The lowest BCUT2D eigenvalue weighted by molar-refractivity contribution is 0.695. The molecule has 1 unspecified atom stereocenters. The molecule has 2 nitrogen and oxygen atoms in total. The fourth-order valence-corrected chi connectivity index (χ4v) is 1.81. The van der Waals surface area contributed by atoms with Crippen molar-refractivity contribution in [1.29, 1.82) is 0 Å². The van der Waals surface area contributed by atoms with E-state index in [1.165, 1.54) is 12.8 Å². The second-order valence-corrected chi connectivity index (χ2v) is 3.79. The normalized spacial score (nSPS) is 15.6. The molecule has 0 fully saturated rings. The summed E-state index contributed by atoms with van der Waals surface area (Å²) >= 11 is 0. The molecule has 2 rings (SSSR count). The zero-order valence-corrected chi connectivity index (χ0v) is 8.75. The molecule has 74 valence electrons.